The molecule has 0 aromatic rings. The highest BCUT2D eigenvalue weighted by molar-refractivity contribution is 5.76. The van der Waals surface area contributed by atoms with E-state index in [0.717, 1.165) is 19.4 Å². The van der Waals surface area contributed by atoms with Crippen molar-refractivity contribution in [3.63, 3.8) is 0 Å². The highest BCUT2D eigenvalue weighted by Gasteiger charge is 2.13. The fourth-order valence-electron chi connectivity index (χ4n) is 1.27. The lowest BCUT2D eigenvalue weighted by Gasteiger charge is -2.24. The van der Waals surface area contributed by atoms with E-state index in [0.29, 0.717) is 12.5 Å². The summed E-state index contributed by atoms with van der Waals surface area (Å²) in [6.07, 6.45) is 2.81. The summed E-state index contributed by atoms with van der Waals surface area (Å²) in [6, 6.07) is 0.370. The zero-order valence-electron chi connectivity index (χ0n) is 9.26. The van der Waals surface area contributed by atoms with Crippen molar-refractivity contribution in [1.29, 1.82) is 0 Å². The quantitative estimate of drug-likeness (QED) is 0.677. The molecular weight excluding hydrogens is 164 g/mol. The molecule has 0 aromatic carbocycles. The summed E-state index contributed by atoms with van der Waals surface area (Å²) in [5, 5.41) is 2.98. The molecule has 0 spiro atoms. The van der Waals surface area contributed by atoms with Crippen molar-refractivity contribution in [2.45, 2.75) is 39.2 Å². The third-order valence-electron chi connectivity index (χ3n) is 2.35. The van der Waals surface area contributed by atoms with Crippen LogP contribution in [0.5, 0.6) is 0 Å². The van der Waals surface area contributed by atoms with Gasteiger partial charge in [-0.1, -0.05) is 13.3 Å². The molecule has 0 aliphatic carbocycles. The lowest BCUT2D eigenvalue weighted by atomic mass is 10.1. The molecule has 0 rings (SSSR count). The van der Waals surface area contributed by atoms with Crippen LogP contribution in [0.2, 0.25) is 0 Å². The topological polar surface area (TPSA) is 32.3 Å². The summed E-state index contributed by atoms with van der Waals surface area (Å²) in [7, 11) is 3.75. The van der Waals surface area contributed by atoms with Crippen molar-refractivity contribution in [2.75, 3.05) is 20.6 Å². The van der Waals surface area contributed by atoms with E-state index < -0.39 is 0 Å². The van der Waals surface area contributed by atoms with E-state index >= 15 is 0 Å². The van der Waals surface area contributed by atoms with Gasteiger partial charge in [0.1, 0.15) is 0 Å². The van der Waals surface area contributed by atoms with Crippen molar-refractivity contribution in [2.24, 2.45) is 0 Å². The zero-order chi connectivity index (χ0) is 10.3. The molecule has 0 radical (unpaired) electrons. The number of hydrogen-bond acceptors (Lipinski definition) is 2. The molecule has 1 amide bonds. The molecule has 1 atom stereocenters. The monoisotopic (exact) mass is 186 g/mol. The SMILES string of the molecule is CCCC(C)N(C)C(=O)CCNC. The fraction of sp³-hybridized carbons (Fsp3) is 0.900. The van der Waals surface area contributed by atoms with E-state index in [9.17, 15) is 4.79 Å². The average molecular weight is 186 g/mol. The first kappa shape index (κ1) is 12.4. The van der Waals surface area contributed by atoms with Crippen LogP contribution in [0.25, 0.3) is 0 Å². The van der Waals surface area contributed by atoms with E-state index in [1.54, 1.807) is 0 Å². The zero-order valence-corrected chi connectivity index (χ0v) is 9.26. The van der Waals surface area contributed by atoms with Gasteiger partial charge in [-0.2, -0.15) is 0 Å². The summed E-state index contributed by atoms with van der Waals surface area (Å²) in [5.74, 6) is 0.232. The number of nitrogens with one attached hydrogen (secondary N) is 1. The summed E-state index contributed by atoms with van der Waals surface area (Å²) >= 11 is 0. The maximum absolute atomic E-state index is 11.5. The summed E-state index contributed by atoms with van der Waals surface area (Å²) in [4.78, 5) is 13.4. The maximum Gasteiger partial charge on any atom is 0.223 e. The number of rotatable bonds is 6. The molecule has 0 saturated carbocycles. The molecule has 0 aliphatic rings. The Morgan fingerprint density at radius 2 is 2.15 bits per heavy atom. The number of nitrogens with zero attached hydrogens (tertiary/aromatic N) is 1. The number of amides is 1. The second-order valence-electron chi connectivity index (χ2n) is 3.50. The minimum atomic E-state index is 0.232. The molecule has 13 heavy (non-hydrogen) atoms. The Hall–Kier alpha value is -0.570. The molecule has 0 fully saturated rings. The first-order chi connectivity index (χ1) is 6.13. The second-order valence-corrected chi connectivity index (χ2v) is 3.50. The van der Waals surface area contributed by atoms with E-state index in [-0.39, 0.29) is 5.91 Å². The summed E-state index contributed by atoms with van der Waals surface area (Å²) in [6.45, 7) is 5.01. The van der Waals surface area contributed by atoms with Gasteiger partial charge in [0.2, 0.25) is 5.91 Å². The third-order valence-corrected chi connectivity index (χ3v) is 2.35. The van der Waals surface area contributed by atoms with Crippen LogP contribution in [-0.2, 0) is 4.79 Å². The molecule has 0 bridgehead atoms. The maximum atomic E-state index is 11.5. The van der Waals surface area contributed by atoms with E-state index in [2.05, 4.69) is 19.2 Å². The normalized spacial score (nSPS) is 12.6. The molecule has 3 nitrogen and oxygen atoms in total. The molecule has 0 aliphatic heterocycles. The van der Waals surface area contributed by atoms with Crippen LogP contribution in [0.15, 0.2) is 0 Å². The van der Waals surface area contributed by atoms with Gasteiger partial charge in [0.05, 0.1) is 0 Å². The van der Waals surface area contributed by atoms with Gasteiger partial charge in [-0.15, -0.1) is 0 Å². The Kier molecular flexibility index (Phi) is 6.59. The number of hydrogen-bond donors (Lipinski definition) is 1. The minimum absolute atomic E-state index is 0.232. The van der Waals surface area contributed by atoms with Crippen molar-refractivity contribution in [1.82, 2.24) is 10.2 Å². The predicted octanol–water partition coefficient (Wildman–Crippen LogP) is 1.24. The highest BCUT2D eigenvalue weighted by atomic mass is 16.2. The second kappa shape index (κ2) is 6.89. The first-order valence-electron chi connectivity index (χ1n) is 5.03. The van der Waals surface area contributed by atoms with Gasteiger partial charge in [0.25, 0.3) is 0 Å². The molecule has 0 aromatic heterocycles. The predicted molar refractivity (Wildman–Crippen MR) is 55.7 cm³/mol. The van der Waals surface area contributed by atoms with E-state index in [4.69, 9.17) is 0 Å². The van der Waals surface area contributed by atoms with Gasteiger partial charge in [-0.3, -0.25) is 4.79 Å². The van der Waals surface area contributed by atoms with Crippen LogP contribution in [0.3, 0.4) is 0 Å². The van der Waals surface area contributed by atoms with Gasteiger partial charge in [0.15, 0.2) is 0 Å². The number of carbonyl (C=O) groups excluding carboxylic acids is 1. The molecular formula is C10H22N2O. The highest BCUT2D eigenvalue weighted by Crippen LogP contribution is 2.05. The Morgan fingerprint density at radius 1 is 1.54 bits per heavy atom. The summed E-state index contributed by atoms with van der Waals surface area (Å²) in [5.41, 5.74) is 0. The van der Waals surface area contributed by atoms with Crippen LogP contribution in [0.4, 0.5) is 0 Å². The molecule has 0 heterocycles. The fourth-order valence-corrected chi connectivity index (χ4v) is 1.27. The molecule has 3 heteroatoms. The minimum Gasteiger partial charge on any atom is -0.343 e. The van der Waals surface area contributed by atoms with Gasteiger partial charge in [-0.25, -0.2) is 0 Å². The Balaban J connectivity index is 3.79. The molecule has 0 saturated heterocycles. The number of carbonyl (C=O) groups is 1. The van der Waals surface area contributed by atoms with Crippen LogP contribution < -0.4 is 5.32 Å². The average Bonchev–Trinajstić information content (AvgIpc) is 2.13. The molecule has 1 unspecified atom stereocenters. The Bertz CT molecular complexity index is 148. The Morgan fingerprint density at radius 3 is 2.62 bits per heavy atom. The first-order valence-corrected chi connectivity index (χ1v) is 5.03. The third kappa shape index (κ3) is 4.88. The lowest BCUT2D eigenvalue weighted by Crippen LogP contribution is -2.36. The molecule has 78 valence electrons. The van der Waals surface area contributed by atoms with Crippen LogP contribution in [-0.4, -0.2) is 37.5 Å². The smallest absolute Gasteiger partial charge is 0.223 e. The van der Waals surface area contributed by atoms with E-state index in [1.165, 1.54) is 0 Å². The van der Waals surface area contributed by atoms with Gasteiger partial charge >= 0.3 is 0 Å². The van der Waals surface area contributed by atoms with Crippen LogP contribution in [0, 0.1) is 0 Å². The Labute approximate surface area is 81.5 Å². The largest absolute Gasteiger partial charge is 0.343 e. The van der Waals surface area contributed by atoms with Gasteiger partial charge < -0.3 is 10.2 Å². The van der Waals surface area contributed by atoms with Crippen molar-refractivity contribution in [3.8, 4) is 0 Å². The summed E-state index contributed by atoms with van der Waals surface area (Å²) < 4.78 is 0. The lowest BCUT2D eigenvalue weighted by molar-refractivity contribution is -0.131. The van der Waals surface area contributed by atoms with Crippen LogP contribution in [0.1, 0.15) is 33.1 Å². The van der Waals surface area contributed by atoms with E-state index in [1.807, 2.05) is 19.0 Å². The van der Waals surface area contributed by atoms with Crippen molar-refractivity contribution < 1.29 is 4.79 Å². The van der Waals surface area contributed by atoms with Crippen LogP contribution >= 0.6 is 0 Å². The molecule has 1 N–H and O–H groups in total. The van der Waals surface area contributed by atoms with Crippen molar-refractivity contribution in [3.05, 3.63) is 0 Å². The van der Waals surface area contributed by atoms with Gasteiger partial charge in [0, 0.05) is 26.1 Å². The van der Waals surface area contributed by atoms with Crippen molar-refractivity contribution >= 4 is 5.91 Å². The van der Waals surface area contributed by atoms with Gasteiger partial charge in [-0.05, 0) is 20.4 Å². The standard InChI is InChI=1S/C10H22N2O/c1-5-6-9(2)12(4)10(13)7-8-11-3/h9,11H,5-8H2,1-4H3.